The minimum Gasteiger partial charge on any atom is -0.486 e. The molecular formula is C31H32N2O4. The summed E-state index contributed by atoms with van der Waals surface area (Å²) >= 11 is 0. The van der Waals surface area contributed by atoms with Gasteiger partial charge in [0.2, 0.25) is 0 Å². The maximum Gasteiger partial charge on any atom is 0.256 e. The quantitative estimate of drug-likeness (QED) is 0.355. The van der Waals surface area contributed by atoms with E-state index in [1.165, 1.54) is 5.56 Å². The number of hydrogen-bond acceptors (Lipinski definition) is 5. The number of hydrogen-bond donors (Lipinski definition) is 1. The van der Waals surface area contributed by atoms with Crippen molar-refractivity contribution >= 4 is 22.4 Å². The summed E-state index contributed by atoms with van der Waals surface area (Å²) in [7, 11) is 0. The van der Waals surface area contributed by atoms with Gasteiger partial charge in [0, 0.05) is 35.7 Å². The molecule has 190 valence electrons. The Morgan fingerprint density at radius 1 is 0.946 bits per heavy atom. The highest BCUT2D eigenvalue weighted by Gasteiger charge is 2.19. The number of ketones is 1. The zero-order valence-electron chi connectivity index (χ0n) is 21.6. The first kappa shape index (κ1) is 24.6. The summed E-state index contributed by atoms with van der Waals surface area (Å²) in [6.07, 6.45) is 1.26. The molecule has 4 aromatic rings. The Balaban J connectivity index is 1.50. The van der Waals surface area contributed by atoms with Crippen LogP contribution in [0.4, 0.5) is 5.69 Å². The monoisotopic (exact) mass is 496 g/mol. The Morgan fingerprint density at radius 2 is 1.62 bits per heavy atom. The number of carbonyl (C=O) groups is 1. The molecule has 1 aliphatic rings. The number of Topliss-reactive ketones (excluding diaryl/α,β-unsaturated/α-hetero) is 1. The fourth-order valence-electron chi connectivity index (χ4n) is 4.87. The minimum atomic E-state index is -0.184. The fourth-order valence-corrected chi connectivity index (χ4v) is 4.87. The lowest BCUT2D eigenvalue weighted by atomic mass is 9.98. The van der Waals surface area contributed by atoms with Crippen molar-refractivity contribution < 1.29 is 14.3 Å². The third-order valence-corrected chi connectivity index (χ3v) is 7.03. The smallest absolute Gasteiger partial charge is 0.256 e. The molecule has 1 aliphatic heterocycles. The van der Waals surface area contributed by atoms with Gasteiger partial charge in [0.25, 0.3) is 5.56 Å². The van der Waals surface area contributed by atoms with Crippen molar-refractivity contribution in [1.29, 1.82) is 0 Å². The Labute approximate surface area is 216 Å². The van der Waals surface area contributed by atoms with Crippen LogP contribution >= 0.6 is 0 Å². The van der Waals surface area contributed by atoms with Crippen LogP contribution in [0.3, 0.4) is 0 Å². The minimum absolute atomic E-state index is 0.0121. The van der Waals surface area contributed by atoms with Gasteiger partial charge in [-0.2, -0.15) is 0 Å². The lowest BCUT2D eigenvalue weighted by molar-refractivity contribution is -0.119. The molecule has 0 amide bonds. The molecule has 1 aromatic heterocycles. The zero-order chi connectivity index (χ0) is 25.9. The third-order valence-electron chi connectivity index (χ3n) is 7.03. The summed E-state index contributed by atoms with van der Waals surface area (Å²) in [6.45, 7) is 7.42. The van der Waals surface area contributed by atoms with Crippen LogP contribution in [0, 0.1) is 13.8 Å². The number of carbonyl (C=O) groups excluding carboxylic acids is 1. The fraction of sp³-hybridized carbons (Fsp3) is 0.290. The van der Waals surface area contributed by atoms with Gasteiger partial charge < -0.3 is 19.4 Å². The van der Waals surface area contributed by atoms with E-state index in [9.17, 15) is 9.59 Å². The molecule has 2 heterocycles. The van der Waals surface area contributed by atoms with Crippen molar-refractivity contribution in [3.63, 3.8) is 0 Å². The third kappa shape index (κ3) is 5.24. The van der Waals surface area contributed by atoms with Crippen LogP contribution in [0.2, 0.25) is 0 Å². The largest absolute Gasteiger partial charge is 0.486 e. The molecule has 5 rings (SSSR count). The van der Waals surface area contributed by atoms with E-state index in [1.807, 2.05) is 62.4 Å². The van der Waals surface area contributed by atoms with Crippen LogP contribution < -0.4 is 20.3 Å². The lowest BCUT2D eigenvalue weighted by Crippen LogP contribution is -2.29. The number of fused-ring (bicyclic) bond motifs is 2. The van der Waals surface area contributed by atoms with Crippen LogP contribution in [0.5, 0.6) is 11.5 Å². The van der Waals surface area contributed by atoms with Gasteiger partial charge in [-0.3, -0.25) is 9.59 Å². The average Bonchev–Trinajstić information content (AvgIpc) is 2.91. The zero-order valence-corrected chi connectivity index (χ0v) is 21.6. The first-order valence-corrected chi connectivity index (χ1v) is 12.8. The molecule has 1 N–H and O–H groups in total. The van der Waals surface area contributed by atoms with Gasteiger partial charge >= 0.3 is 0 Å². The molecule has 0 aliphatic carbocycles. The number of nitrogens with zero attached hydrogens (tertiary/aromatic N) is 1. The van der Waals surface area contributed by atoms with Gasteiger partial charge in [-0.15, -0.1) is 0 Å². The van der Waals surface area contributed by atoms with Gasteiger partial charge in [0.05, 0.1) is 12.1 Å². The molecule has 0 saturated heterocycles. The highest BCUT2D eigenvalue weighted by Crippen LogP contribution is 2.34. The number of anilines is 1. The van der Waals surface area contributed by atoms with E-state index < -0.39 is 0 Å². The summed E-state index contributed by atoms with van der Waals surface area (Å²) in [4.78, 5) is 27.0. The Bertz CT molecular complexity index is 1500. The summed E-state index contributed by atoms with van der Waals surface area (Å²) in [5.74, 6) is 1.23. The Hall–Kier alpha value is -4.06. The van der Waals surface area contributed by atoms with E-state index in [0.29, 0.717) is 42.3 Å². The number of rotatable bonds is 8. The molecule has 0 bridgehead atoms. The van der Waals surface area contributed by atoms with E-state index in [0.717, 1.165) is 34.2 Å². The first-order chi connectivity index (χ1) is 17.9. The van der Waals surface area contributed by atoms with E-state index >= 15 is 0 Å². The summed E-state index contributed by atoms with van der Waals surface area (Å²) in [5.41, 5.74) is 6.45. The Kier molecular flexibility index (Phi) is 6.99. The molecular weight excluding hydrogens is 464 g/mol. The van der Waals surface area contributed by atoms with Crippen molar-refractivity contribution in [3.8, 4) is 11.5 Å². The second-order valence-electron chi connectivity index (χ2n) is 9.61. The van der Waals surface area contributed by atoms with Crippen molar-refractivity contribution in [2.45, 2.75) is 46.7 Å². The van der Waals surface area contributed by atoms with Crippen LogP contribution in [-0.4, -0.2) is 23.6 Å². The number of nitrogens with one attached hydrogen (secondary N) is 1. The first-order valence-electron chi connectivity index (χ1n) is 12.8. The molecule has 0 saturated carbocycles. The van der Waals surface area contributed by atoms with Crippen molar-refractivity contribution in [3.05, 3.63) is 98.8 Å². The SMILES string of the molecule is CCc1ccc(NCc2cc3cc4c(cc3n(CC(=O)Cc3c(C)cccc3C)c2=O)OCCO4)cc1. The maximum absolute atomic E-state index is 13.7. The van der Waals surface area contributed by atoms with Gasteiger partial charge in [0.1, 0.15) is 13.2 Å². The lowest BCUT2D eigenvalue weighted by Gasteiger charge is -2.21. The van der Waals surface area contributed by atoms with Crippen LogP contribution in [0.15, 0.2) is 65.5 Å². The van der Waals surface area contributed by atoms with Gasteiger partial charge in [-0.1, -0.05) is 37.3 Å². The van der Waals surface area contributed by atoms with Crippen LogP contribution in [0.1, 0.15) is 34.7 Å². The van der Waals surface area contributed by atoms with E-state index in [4.69, 9.17) is 9.47 Å². The number of pyridine rings is 1. The van der Waals surface area contributed by atoms with Crippen molar-refractivity contribution in [2.24, 2.45) is 0 Å². The van der Waals surface area contributed by atoms with E-state index in [2.05, 4.69) is 24.4 Å². The average molecular weight is 497 g/mol. The van der Waals surface area contributed by atoms with Gasteiger partial charge in [-0.25, -0.2) is 0 Å². The number of ether oxygens (including phenoxy) is 2. The van der Waals surface area contributed by atoms with Crippen molar-refractivity contribution in [2.75, 3.05) is 18.5 Å². The number of benzene rings is 3. The van der Waals surface area contributed by atoms with Crippen LogP contribution in [0.25, 0.3) is 10.9 Å². The van der Waals surface area contributed by atoms with E-state index in [-0.39, 0.29) is 24.3 Å². The van der Waals surface area contributed by atoms with Crippen molar-refractivity contribution in [1.82, 2.24) is 4.57 Å². The van der Waals surface area contributed by atoms with Gasteiger partial charge in [-0.05, 0) is 66.8 Å². The topological polar surface area (TPSA) is 69.6 Å². The Morgan fingerprint density at radius 3 is 2.30 bits per heavy atom. The molecule has 3 aromatic carbocycles. The molecule has 0 unspecified atom stereocenters. The van der Waals surface area contributed by atoms with E-state index in [1.54, 1.807) is 4.57 Å². The molecule has 0 radical (unpaired) electrons. The normalized spacial score (nSPS) is 12.5. The second kappa shape index (κ2) is 10.5. The van der Waals surface area contributed by atoms with Crippen LogP contribution in [-0.2, 0) is 30.7 Å². The van der Waals surface area contributed by atoms with Gasteiger partial charge in [0.15, 0.2) is 17.3 Å². The maximum atomic E-state index is 13.7. The highest BCUT2D eigenvalue weighted by atomic mass is 16.6. The summed E-state index contributed by atoms with van der Waals surface area (Å²) in [5, 5.41) is 4.20. The number of aromatic nitrogens is 1. The molecule has 6 heteroatoms. The molecule has 37 heavy (non-hydrogen) atoms. The summed E-state index contributed by atoms with van der Waals surface area (Å²) < 4.78 is 13.1. The highest BCUT2D eigenvalue weighted by molar-refractivity contribution is 5.87. The molecule has 0 spiro atoms. The number of aryl methyl sites for hydroxylation is 3. The standard InChI is InChI=1S/C31H32N2O4/c1-4-22-8-10-25(11-9-22)32-18-24-14-23-15-29-30(37-13-12-36-29)17-28(23)33(31(24)35)19-26(34)16-27-20(2)6-5-7-21(27)3/h5-11,14-15,17,32H,4,12-13,16,18-19H2,1-3H3. The summed E-state index contributed by atoms with van der Waals surface area (Å²) in [6, 6.07) is 19.8. The molecule has 0 fully saturated rings. The molecule has 0 atom stereocenters. The predicted molar refractivity (Wildman–Crippen MR) is 147 cm³/mol. The molecule has 6 nitrogen and oxygen atoms in total. The predicted octanol–water partition coefficient (Wildman–Crippen LogP) is 5.38. The second-order valence-corrected chi connectivity index (χ2v) is 9.61.